The Morgan fingerprint density at radius 3 is 2.56 bits per heavy atom. The van der Waals surface area contributed by atoms with Gasteiger partial charge in [-0.15, -0.1) is 0 Å². The Kier molecular flexibility index (Phi) is 3.01. The van der Waals surface area contributed by atoms with E-state index in [4.69, 9.17) is 9.47 Å². The van der Waals surface area contributed by atoms with Crippen LogP contribution >= 0.6 is 0 Å². The summed E-state index contributed by atoms with van der Waals surface area (Å²) in [6.45, 7) is 0.149. The minimum Gasteiger partial charge on any atom is -0.495 e. The van der Waals surface area contributed by atoms with Crippen LogP contribution in [0.2, 0.25) is 0 Å². The van der Waals surface area contributed by atoms with Gasteiger partial charge in [0.25, 0.3) is 0 Å². The standard InChI is InChI=1S/C12H17NO3/c1-15-10-7-13-11(16-2)6-9(10)12(8-14)4-3-5-12/h6-7,14H,3-5,8H2,1-2H3. The Labute approximate surface area is 95.2 Å². The molecule has 1 fully saturated rings. The predicted molar refractivity (Wildman–Crippen MR) is 60.0 cm³/mol. The molecule has 1 aliphatic carbocycles. The monoisotopic (exact) mass is 223 g/mol. The molecule has 1 aromatic rings. The fourth-order valence-electron chi connectivity index (χ4n) is 2.23. The zero-order chi connectivity index (χ0) is 11.6. The molecule has 1 saturated carbocycles. The lowest BCUT2D eigenvalue weighted by molar-refractivity contribution is 0.117. The molecule has 2 rings (SSSR count). The van der Waals surface area contributed by atoms with Crippen molar-refractivity contribution in [1.29, 1.82) is 0 Å². The minimum atomic E-state index is -0.151. The Bertz CT molecular complexity index is 369. The van der Waals surface area contributed by atoms with Crippen LogP contribution in [0, 0.1) is 0 Å². The molecule has 1 aliphatic rings. The third-order valence-corrected chi connectivity index (χ3v) is 3.46. The summed E-state index contributed by atoms with van der Waals surface area (Å²) in [6.07, 6.45) is 4.79. The maximum absolute atomic E-state index is 9.56. The molecule has 0 unspecified atom stereocenters. The van der Waals surface area contributed by atoms with Crippen molar-refractivity contribution in [2.24, 2.45) is 0 Å². The predicted octanol–water partition coefficient (Wildman–Crippen LogP) is 1.51. The molecular weight excluding hydrogens is 206 g/mol. The molecule has 0 radical (unpaired) electrons. The van der Waals surface area contributed by atoms with Gasteiger partial charge in [0.1, 0.15) is 5.75 Å². The Hall–Kier alpha value is -1.29. The maximum atomic E-state index is 9.56. The molecule has 0 saturated heterocycles. The highest BCUT2D eigenvalue weighted by atomic mass is 16.5. The van der Waals surface area contributed by atoms with Gasteiger partial charge in [-0.3, -0.25) is 0 Å². The second-order valence-electron chi connectivity index (χ2n) is 4.22. The Balaban J connectivity index is 2.43. The van der Waals surface area contributed by atoms with Gasteiger partial charge < -0.3 is 14.6 Å². The van der Waals surface area contributed by atoms with Crippen molar-refractivity contribution in [2.45, 2.75) is 24.7 Å². The molecule has 1 heterocycles. The number of methoxy groups -OCH3 is 2. The number of hydrogen-bond acceptors (Lipinski definition) is 4. The lowest BCUT2D eigenvalue weighted by Gasteiger charge is -2.41. The van der Waals surface area contributed by atoms with Crippen LogP contribution in [0.4, 0.5) is 0 Å². The average molecular weight is 223 g/mol. The van der Waals surface area contributed by atoms with Crippen molar-refractivity contribution < 1.29 is 14.6 Å². The van der Waals surface area contributed by atoms with E-state index in [9.17, 15) is 5.11 Å². The van der Waals surface area contributed by atoms with Crippen LogP contribution in [0.15, 0.2) is 12.3 Å². The smallest absolute Gasteiger partial charge is 0.213 e. The maximum Gasteiger partial charge on any atom is 0.213 e. The van der Waals surface area contributed by atoms with Gasteiger partial charge in [0.15, 0.2) is 0 Å². The highest BCUT2D eigenvalue weighted by Crippen LogP contribution is 2.47. The van der Waals surface area contributed by atoms with Crippen LogP contribution in [-0.2, 0) is 5.41 Å². The molecule has 4 nitrogen and oxygen atoms in total. The minimum absolute atomic E-state index is 0.149. The van der Waals surface area contributed by atoms with E-state index in [0.717, 1.165) is 30.6 Å². The van der Waals surface area contributed by atoms with E-state index in [1.165, 1.54) is 0 Å². The highest BCUT2D eigenvalue weighted by molar-refractivity contribution is 5.42. The normalized spacial score (nSPS) is 17.7. The Morgan fingerprint density at radius 1 is 1.38 bits per heavy atom. The summed E-state index contributed by atoms with van der Waals surface area (Å²) in [7, 11) is 3.21. The van der Waals surface area contributed by atoms with Gasteiger partial charge in [-0.25, -0.2) is 4.98 Å². The lowest BCUT2D eigenvalue weighted by Crippen LogP contribution is -2.38. The van der Waals surface area contributed by atoms with Gasteiger partial charge in [0.2, 0.25) is 5.88 Å². The summed E-state index contributed by atoms with van der Waals surface area (Å²) in [6, 6.07) is 1.87. The van der Waals surface area contributed by atoms with Gasteiger partial charge in [-0.05, 0) is 12.8 Å². The Morgan fingerprint density at radius 2 is 2.12 bits per heavy atom. The summed E-state index contributed by atoms with van der Waals surface area (Å²) < 4.78 is 10.4. The number of pyridine rings is 1. The summed E-state index contributed by atoms with van der Waals surface area (Å²) in [5, 5.41) is 9.56. The molecule has 16 heavy (non-hydrogen) atoms. The van der Waals surface area contributed by atoms with Crippen molar-refractivity contribution in [1.82, 2.24) is 4.98 Å². The molecule has 0 atom stereocenters. The van der Waals surface area contributed by atoms with Gasteiger partial charge in [0.05, 0.1) is 27.0 Å². The molecule has 1 aromatic heterocycles. The third-order valence-electron chi connectivity index (χ3n) is 3.46. The molecule has 88 valence electrons. The van der Waals surface area contributed by atoms with Crippen LogP contribution in [0.3, 0.4) is 0 Å². The number of aromatic nitrogens is 1. The van der Waals surface area contributed by atoms with E-state index in [1.54, 1.807) is 20.4 Å². The SMILES string of the molecule is COc1cc(C2(CO)CCC2)c(OC)cn1. The van der Waals surface area contributed by atoms with E-state index in [1.807, 2.05) is 6.07 Å². The zero-order valence-electron chi connectivity index (χ0n) is 9.69. The van der Waals surface area contributed by atoms with E-state index in [2.05, 4.69) is 4.98 Å². The first-order valence-electron chi connectivity index (χ1n) is 5.45. The first-order chi connectivity index (χ1) is 7.75. The average Bonchev–Trinajstić information content (AvgIpc) is 2.28. The van der Waals surface area contributed by atoms with E-state index in [0.29, 0.717) is 5.88 Å². The van der Waals surface area contributed by atoms with E-state index < -0.39 is 0 Å². The van der Waals surface area contributed by atoms with Crippen LogP contribution in [0.25, 0.3) is 0 Å². The molecule has 0 aromatic carbocycles. The molecular formula is C12H17NO3. The van der Waals surface area contributed by atoms with Gasteiger partial charge in [-0.2, -0.15) is 0 Å². The number of aliphatic hydroxyl groups excluding tert-OH is 1. The summed E-state index contributed by atoms with van der Waals surface area (Å²) in [5.41, 5.74) is 0.859. The molecule has 1 N–H and O–H groups in total. The van der Waals surface area contributed by atoms with Crippen LogP contribution < -0.4 is 9.47 Å². The molecule has 0 bridgehead atoms. The van der Waals surface area contributed by atoms with Crippen LogP contribution in [-0.4, -0.2) is 30.9 Å². The number of aliphatic hydroxyl groups is 1. The van der Waals surface area contributed by atoms with Crippen molar-refractivity contribution >= 4 is 0 Å². The summed E-state index contributed by atoms with van der Waals surface area (Å²) in [4.78, 5) is 4.11. The zero-order valence-corrected chi connectivity index (χ0v) is 9.69. The van der Waals surface area contributed by atoms with Gasteiger partial charge in [-0.1, -0.05) is 6.42 Å². The van der Waals surface area contributed by atoms with Gasteiger partial charge in [0, 0.05) is 17.0 Å². The fourth-order valence-corrected chi connectivity index (χ4v) is 2.23. The second kappa shape index (κ2) is 4.29. The first-order valence-corrected chi connectivity index (χ1v) is 5.45. The fraction of sp³-hybridized carbons (Fsp3) is 0.583. The van der Waals surface area contributed by atoms with Crippen LogP contribution in [0.5, 0.6) is 11.6 Å². The molecule has 0 spiro atoms. The molecule has 0 aliphatic heterocycles. The highest BCUT2D eigenvalue weighted by Gasteiger charge is 2.40. The summed E-state index contributed by atoms with van der Waals surface area (Å²) in [5.74, 6) is 1.30. The number of rotatable bonds is 4. The number of ether oxygens (including phenoxy) is 2. The lowest BCUT2D eigenvalue weighted by atomic mass is 9.65. The summed E-state index contributed by atoms with van der Waals surface area (Å²) >= 11 is 0. The quantitative estimate of drug-likeness (QED) is 0.840. The molecule has 4 heteroatoms. The van der Waals surface area contributed by atoms with E-state index in [-0.39, 0.29) is 12.0 Å². The second-order valence-corrected chi connectivity index (χ2v) is 4.22. The van der Waals surface area contributed by atoms with Crippen molar-refractivity contribution in [2.75, 3.05) is 20.8 Å². The number of nitrogens with zero attached hydrogens (tertiary/aromatic N) is 1. The van der Waals surface area contributed by atoms with Crippen molar-refractivity contribution in [3.05, 3.63) is 17.8 Å². The largest absolute Gasteiger partial charge is 0.495 e. The first kappa shape index (κ1) is 11.2. The van der Waals surface area contributed by atoms with Gasteiger partial charge >= 0.3 is 0 Å². The van der Waals surface area contributed by atoms with Crippen molar-refractivity contribution in [3.8, 4) is 11.6 Å². The number of hydrogen-bond donors (Lipinski definition) is 1. The third kappa shape index (κ3) is 1.63. The molecule has 0 amide bonds. The topological polar surface area (TPSA) is 51.6 Å². The van der Waals surface area contributed by atoms with E-state index >= 15 is 0 Å². The van der Waals surface area contributed by atoms with Crippen LogP contribution in [0.1, 0.15) is 24.8 Å². The van der Waals surface area contributed by atoms with Crippen molar-refractivity contribution in [3.63, 3.8) is 0 Å².